The van der Waals surface area contributed by atoms with Crippen LogP contribution in [0.5, 0.6) is 5.75 Å². The molecule has 0 spiro atoms. The van der Waals surface area contributed by atoms with Crippen molar-refractivity contribution in [1.82, 2.24) is 0 Å². The van der Waals surface area contributed by atoms with Crippen LogP contribution in [0.15, 0.2) is 6.07 Å². The molecule has 68 valence electrons. The van der Waals surface area contributed by atoms with Crippen LogP contribution in [0.1, 0.15) is 0 Å². The van der Waals surface area contributed by atoms with Crippen molar-refractivity contribution in [3.63, 3.8) is 0 Å². The summed E-state index contributed by atoms with van der Waals surface area (Å²) in [7, 11) is 0. The normalized spacial score (nSPS) is 9.46. The zero-order valence-corrected chi connectivity index (χ0v) is 8.97. The maximum atomic E-state index is 8.26. The van der Waals surface area contributed by atoms with Gasteiger partial charge in [0.15, 0.2) is 5.75 Å². The molecule has 0 saturated heterocycles. The maximum absolute atomic E-state index is 8.26. The van der Waals surface area contributed by atoms with Crippen molar-refractivity contribution in [3.8, 4) is 12.0 Å². The van der Waals surface area contributed by atoms with Gasteiger partial charge in [0.2, 0.25) is 0 Å². The summed E-state index contributed by atoms with van der Waals surface area (Å²) >= 11 is 22.7. The molecular formula is C7HCl4NO. The average molecular weight is 257 g/mol. The Balaban J connectivity index is 3.36. The van der Waals surface area contributed by atoms with E-state index >= 15 is 0 Å². The second-order valence-corrected chi connectivity index (χ2v) is 3.56. The molecule has 0 radical (unpaired) electrons. The van der Waals surface area contributed by atoms with E-state index in [1.54, 1.807) is 0 Å². The van der Waals surface area contributed by atoms with Crippen molar-refractivity contribution in [3.05, 3.63) is 26.2 Å². The molecule has 2 nitrogen and oxygen atoms in total. The summed E-state index contributed by atoms with van der Waals surface area (Å²) in [5.74, 6) is 0.0141. The van der Waals surface area contributed by atoms with Gasteiger partial charge in [0.25, 0.3) is 6.26 Å². The van der Waals surface area contributed by atoms with E-state index in [1.807, 2.05) is 0 Å². The highest BCUT2D eigenvalue weighted by Gasteiger charge is 2.14. The number of rotatable bonds is 1. The third-order valence-corrected chi connectivity index (χ3v) is 2.75. The lowest BCUT2D eigenvalue weighted by molar-refractivity contribution is 0.508. The summed E-state index contributed by atoms with van der Waals surface area (Å²) in [6.45, 7) is 0. The second kappa shape index (κ2) is 4.26. The van der Waals surface area contributed by atoms with Gasteiger partial charge < -0.3 is 4.74 Å². The third-order valence-electron chi connectivity index (χ3n) is 1.22. The lowest BCUT2D eigenvalue weighted by Crippen LogP contribution is -1.86. The Bertz CT molecular complexity index is 385. The molecular weight excluding hydrogens is 256 g/mol. The van der Waals surface area contributed by atoms with Gasteiger partial charge in [0.05, 0.1) is 15.1 Å². The van der Waals surface area contributed by atoms with E-state index in [2.05, 4.69) is 4.74 Å². The molecule has 0 aliphatic rings. The van der Waals surface area contributed by atoms with Gasteiger partial charge in [0.1, 0.15) is 5.02 Å². The zero-order chi connectivity index (χ0) is 10.0. The molecule has 1 aromatic rings. The molecule has 0 saturated carbocycles. The second-order valence-electron chi connectivity index (χ2n) is 1.99. The van der Waals surface area contributed by atoms with E-state index in [0.717, 1.165) is 0 Å². The van der Waals surface area contributed by atoms with Gasteiger partial charge in [-0.25, -0.2) is 0 Å². The van der Waals surface area contributed by atoms with Gasteiger partial charge in [-0.1, -0.05) is 46.4 Å². The van der Waals surface area contributed by atoms with Crippen LogP contribution < -0.4 is 4.74 Å². The number of benzene rings is 1. The number of nitriles is 1. The topological polar surface area (TPSA) is 33.0 Å². The molecule has 1 rings (SSSR count). The first kappa shape index (κ1) is 10.7. The van der Waals surface area contributed by atoms with E-state index < -0.39 is 0 Å². The Labute approximate surface area is 94.5 Å². The molecule has 0 heterocycles. The summed E-state index contributed by atoms with van der Waals surface area (Å²) in [5.41, 5.74) is 0. The summed E-state index contributed by atoms with van der Waals surface area (Å²) in [4.78, 5) is 0. The van der Waals surface area contributed by atoms with Crippen LogP contribution in [-0.4, -0.2) is 0 Å². The number of nitrogens with zero attached hydrogens (tertiary/aromatic N) is 1. The minimum atomic E-state index is 0.0141. The van der Waals surface area contributed by atoms with E-state index in [0.29, 0.717) is 0 Å². The van der Waals surface area contributed by atoms with Crippen LogP contribution in [0.3, 0.4) is 0 Å². The van der Waals surface area contributed by atoms with E-state index in [-0.39, 0.29) is 25.8 Å². The van der Waals surface area contributed by atoms with Gasteiger partial charge in [-0.05, 0) is 6.07 Å². The van der Waals surface area contributed by atoms with Gasteiger partial charge in [-0.3, -0.25) is 0 Å². The first-order valence-electron chi connectivity index (χ1n) is 2.97. The number of halogens is 4. The van der Waals surface area contributed by atoms with Gasteiger partial charge in [-0.2, -0.15) is 0 Å². The summed E-state index contributed by atoms with van der Waals surface area (Å²) in [6, 6.07) is 1.35. The summed E-state index contributed by atoms with van der Waals surface area (Å²) < 4.78 is 4.50. The van der Waals surface area contributed by atoms with Crippen molar-refractivity contribution < 1.29 is 4.74 Å². The van der Waals surface area contributed by atoms with Crippen LogP contribution in [0.25, 0.3) is 0 Å². The molecule has 0 aliphatic carbocycles. The van der Waals surface area contributed by atoms with Crippen LogP contribution in [0.4, 0.5) is 0 Å². The smallest absolute Gasteiger partial charge is 0.292 e. The molecule has 0 aliphatic heterocycles. The molecule has 0 N–H and O–H groups in total. The van der Waals surface area contributed by atoms with Gasteiger partial charge in [-0.15, -0.1) is 5.26 Å². The Morgan fingerprint density at radius 2 is 1.69 bits per heavy atom. The monoisotopic (exact) mass is 255 g/mol. The van der Waals surface area contributed by atoms with E-state index in [9.17, 15) is 0 Å². The summed E-state index contributed by atoms with van der Waals surface area (Å²) in [5, 5.41) is 8.75. The van der Waals surface area contributed by atoms with Crippen LogP contribution >= 0.6 is 46.4 Å². The Morgan fingerprint density at radius 3 is 2.23 bits per heavy atom. The maximum Gasteiger partial charge on any atom is 0.292 e. The Hall–Kier alpha value is -0.330. The predicted molar refractivity (Wildman–Crippen MR) is 52.7 cm³/mol. The highest BCUT2D eigenvalue weighted by molar-refractivity contribution is 6.50. The third kappa shape index (κ3) is 2.12. The Morgan fingerprint density at radius 1 is 1.08 bits per heavy atom. The summed E-state index contributed by atoms with van der Waals surface area (Å²) in [6.07, 6.45) is 1.44. The lowest BCUT2D eigenvalue weighted by Gasteiger charge is -2.05. The first-order valence-corrected chi connectivity index (χ1v) is 4.48. The molecule has 0 amide bonds. The van der Waals surface area contributed by atoms with Crippen molar-refractivity contribution in [1.29, 1.82) is 5.26 Å². The van der Waals surface area contributed by atoms with Crippen LogP contribution in [-0.2, 0) is 0 Å². The number of hydrogen-bond donors (Lipinski definition) is 0. The van der Waals surface area contributed by atoms with Crippen LogP contribution in [0.2, 0.25) is 20.1 Å². The Kier molecular flexibility index (Phi) is 3.52. The number of ether oxygens (including phenoxy) is 1. The fraction of sp³-hybridized carbons (Fsp3) is 0. The highest BCUT2D eigenvalue weighted by atomic mass is 35.5. The fourth-order valence-corrected chi connectivity index (χ4v) is 1.67. The quantitative estimate of drug-likeness (QED) is 0.429. The molecule has 0 atom stereocenters. The molecule has 0 unspecified atom stereocenters. The average Bonchev–Trinajstić information content (AvgIpc) is 2.09. The van der Waals surface area contributed by atoms with Crippen molar-refractivity contribution in [2.75, 3.05) is 0 Å². The van der Waals surface area contributed by atoms with Gasteiger partial charge in [0, 0.05) is 0 Å². The van der Waals surface area contributed by atoms with Crippen molar-refractivity contribution in [2.45, 2.75) is 0 Å². The largest absolute Gasteiger partial charge is 0.385 e. The molecule has 1 aromatic carbocycles. The molecule has 13 heavy (non-hydrogen) atoms. The molecule has 0 bridgehead atoms. The van der Waals surface area contributed by atoms with Crippen molar-refractivity contribution in [2.24, 2.45) is 0 Å². The minimum Gasteiger partial charge on any atom is -0.385 e. The molecule has 0 fully saturated rings. The lowest BCUT2D eigenvalue weighted by atomic mass is 10.3. The first-order chi connectivity index (χ1) is 6.07. The zero-order valence-electron chi connectivity index (χ0n) is 5.94. The SMILES string of the molecule is N#COc1c(Cl)cc(Cl)c(Cl)c1Cl. The standard InChI is InChI=1S/C7HCl4NO/c8-3-1-4(9)7(13-2-12)6(11)5(3)10/h1H. The van der Waals surface area contributed by atoms with Crippen molar-refractivity contribution >= 4 is 46.4 Å². The highest BCUT2D eigenvalue weighted by Crippen LogP contribution is 2.42. The van der Waals surface area contributed by atoms with Crippen LogP contribution in [0, 0.1) is 11.5 Å². The number of hydrogen-bond acceptors (Lipinski definition) is 2. The van der Waals surface area contributed by atoms with Gasteiger partial charge >= 0.3 is 0 Å². The minimum absolute atomic E-state index is 0.0141. The fourth-order valence-electron chi connectivity index (χ4n) is 0.689. The predicted octanol–water partition coefficient (Wildman–Crippen LogP) is 4.16. The van der Waals surface area contributed by atoms with E-state index in [4.69, 9.17) is 51.7 Å². The van der Waals surface area contributed by atoms with E-state index in [1.165, 1.54) is 12.3 Å². The molecule has 0 aromatic heterocycles. The molecule has 6 heteroatoms.